The molecule has 100 valence electrons. The number of carbonyl (C=O) groups excluding carboxylic acids is 2. The Morgan fingerprint density at radius 2 is 1.95 bits per heavy atom. The third-order valence-corrected chi connectivity index (χ3v) is 3.55. The van der Waals surface area contributed by atoms with Gasteiger partial charge in [-0.15, -0.1) is 0 Å². The molecule has 4 nitrogen and oxygen atoms in total. The maximum Gasteiger partial charge on any atom is 0.262 e. The first kappa shape index (κ1) is 13.7. The van der Waals surface area contributed by atoms with Gasteiger partial charge in [0, 0.05) is 0 Å². The van der Waals surface area contributed by atoms with Crippen LogP contribution in [0.3, 0.4) is 0 Å². The number of hydrogen-bond acceptors (Lipinski definition) is 3. The zero-order valence-corrected chi connectivity index (χ0v) is 11.8. The quantitative estimate of drug-likeness (QED) is 0.675. The Morgan fingerprint density at radius 1 is 1.32 bits per heavy atom. The molecular weight excluding hydrogens is 260 g/mol. The van der Waals surface area contributed by atoms with Crippen LogP contribution in [0.2, 0.25) is 0 Å². The summed E-state index contributed by atoms with van der Waals surface area (Å²) in [6, 6.07) is 4.75. The fourth-order valence-corrected chi connectivity index (χ4v) is 2.55. The van der Waals surface area contributed by atoms with Gasteiger partial charge in [-0.2, -0.15) is 0 Å². The van der Waals surface area contributed by atoms with Crippen LogP contribution in [0.5, 0.6) is 0 Å². The van der Waals surface area contributed by atoms with E-state index in [-0.39, 0.29) is 16.8 Å². The van der Waals surface area contributed by atoms with Gasteiger partial charge in [0.25, 0.3) is 11.8 Å². The molecule has 1 unspecified atom stereocenters. The van der Waals surface area contributed by atoms with E-state index < -0.39 is 6.04 Å². The van der Waals surface area contributed by atoms with Crippen LogP contribution in [0.4, 0.5) is 0 Å². The van der Waals surface area contributed by atoms with E-state index in [2.05, 4.69) is 0 Å². The standard InChI is InChI=1S/C14H16N2O2S/c1-3-4-11(12(15)19)16-13(17)9-6-5-8(2)7-10(9)14(16)18/h5-7,11H,3-4H2,1-2H3,(H2,15,19). The molecule has 0 spiro atoms. The number of rotatable bonds is 4. The first-order valence-corrected chi connectivity index (χ1v) is 6.66. The van der Waals surface area contributed by atoms with Crippen molar-refractivity contribution in [2.45, 2.75) is 32.7 Å². The molecule has 1 atom stereocenters. The normalized spacial score (nSPS) is 15.6. The molecule has 5 heteroatoms. The lowest BCUT2D eigenvalue weighted by Crippen LogP contribution is -2.46. The molecule has 0 bridgehead atoms. The summed E-state index contributed by atoms with van der Waals surface area (Å²) in [6.07, 6.45) is 1.40. The van der Waals surface area contributed by atoms with Crippen molar-refractivity contribution >= 4 is 29.0 Å². The Morgan fingerprint density at radius 3 is 2.53 bits per heavy atom. The Kier molecular flexibility index (Phi) is 3.66. The fraction of sp³-hybridized carbons (Fsp3) is 0.357. The van der Waals surface area contributed by atoms with E-state index in [0.29, 0.717) is 17.5 Å². The van der Waals surface area contributed by atoms with Gasteiger partial charge in [-0.1, -0.05) is 37.2 Å². The highest BCUT2D eigenvalue weighted by Crippen LogP contribution is 2.27. The topological polar surface area (TPSA) is 63.4 Å². The molecule has 1 aliphatic rings. The number of imide groups is 1. The summed E-state index contributed by atoms with van der Waals surface area (Å²) < 4.78 is 0. The van der Waals surface area contributed by atoms with Crippen LogP contribution in [-0.2, 0) is 0 Å². The highest BCUT2D eigenvalue weighted by atomic mass is 32.1. The number of thiocarbonyl (C=S) groups is 1. The van der Waals surface area contributed by atoms with Gasteiger partial charge in [0.2, 0.25) is 0 Å². The summed E-state index contributed by atoms with van der Waals surface area (Å²) in [5.74, 6) is -0.596. The lowest BCUT2D eigenvalue weighted by atomic mass is 10.1. The number of fused-ring (bicyclic) bond motifs is 1. The zero-order chi connectivity index (χ0) is 14.2. The second-order valence-electron chi connectivity index (χ2n) is 4.74. The molecule has 0 saturated heterocycles. The summed E-state index contributed by atoms with van der Waals surface area (Å²) in [5.41, 5.74) is 7.51. The minimum atomic E-state index is -0.493. The van der Waals surface area contributed by atoms with E-state index in [0.717, 1.165) is 12.0 Å². The van der Waals surface area contributed by atoms with Crippen molar-refractivity contribution in [3.8, 4) is 0 Å². The lowest BCUT2D eigenvalue weighted by molar-refractivity contribution is 0.0621. The molecule has 19 heavy (non-hydrogen) atoms. The van der Waals surface area contributed by atoms with Crippen LogP contribution >= 0.6 is 12.2 Å². The third kappa shape index (κ3) is 2.26. The summed E-state index contributed by atoms with van der Waals surface area (Å²) >= 11 is 4.99. The Balaban J connectivity index is 2.44. The van der Waals surface area contributed by atoms with Gasteiger partial charge in [-0.3, -0.25) is 14.5 Å². The largest absolute Gasteiger partial charge is 0.392 e. The van der Waals surface area contributed by atoms with Crippen molar-refractivity contribution in [2.75, 3.05) is 0 Å². The van der Waals surface area contributed by atoms with Crippen LogP contribution < -0.4 is 5.73 Å². The first-order valence-electron chi connectivity index (χ1n) is 6.25. The predicted molar refractivity (Wildman–Crippen MR) is 77.2 cm³/mol. The molecule has 1 heterocycles. The second-order valence-corrected chi connectivity index (χ2v) is 5.21. The average Bonchev–Trinajstić information content (AvgIpc) is 2.59. The fourth-order valence-electron chi connectivity index (χ4n) is 2.33. The van der Waals surface area contributed by atoms with Crippen LogP contribution in [0.25, 0.3) is 0 Å². The molecule has 1 aromatic carbocycles. The van der Waals surface area contributed by atoms with Gasteiger partial charge < -0.3 is 5.73 Å². The predicted octanol–water partition coefficient (Wildman–Crippen LogP) is 2.05. The number of amides is 2. The highest BCUT2D eigenvalue weighted by molar-refractivity contribution is 7.80. The van der Waals surface area contributed by atoms with E-state index in [1.165, 1.54) is 4.90 Å². The smallest absolute Gasteiger partial charge is 0.262 e. The van der Waals surface area contributed by atoms with Crippen molar-refractivity contribution in [1.29, 1.82) is 0 Å². The first-order chi connectivity index (χ1) is 8.97. The molecule has 0 aromatic heterocycles. The number of nitrogens with two attached hydrogens (primary N) is 1. The van der Waals surface area contributed by atoms with Crippen LogP contribution in [-0.4, -0.2) is 27.7 Å². The van der Waals surface area contributed by atoms with Gasteiger partial charge in [0.05, 0.1) is 22.2 Å². The van der Waals surface area contributed by atoms with Crippen molar-refractivity contribution in [1.82, 2.24) is 4.90 Å². The number of carbonyl (C=O) groups is 2. The van der Waals surface area contributed by atoms with Gasteiger partial charge in [-0.05, 0) is 25.5 Å². The van der Waals surface area contributed by atoms with E-state index >= 15 is 0 Å². The van der Waals surface area contributed by atoms with Crippen LogP contribution in [0.15, 0.2) is 18.2 Å². The number of benzene rings is 1. The molecule has 1 aromatic rings. The maximum absolute atomic E-state index is 12.4. The number of hydrogen-bond donors (Lipinski definition) is 1. The minimum Gasteiger partial charge on any atom is -0.392 e. The van der Waals surface area contributed by atoms with Gasteiger partial charge in [0.15, 0.2) is 0 Å². The van der Waals surface area contributed by atoms with Crippen LogP contribution in [0, 0.1) is 6.92 Å². The molecule has 2 N–H and O–H groups in total. The molecule has 0 saturated carbocycles. The SMILES string of the molecule is CCCC(C(N)=S)N1C(=O)c2ccc(C)cc2C1=O. The lowest BCUT2D eigenvalue weighted by Gasteiger charge is -2.24. The Hall–Kier alpha value is -1.75. The Labute approximate surface area is 117 Å². The molecule has 2 rings (SSSR count). The van der Waals surface area contributed by atoms with E-state index in [1.54, 1.807) is 12.1 Å². The van der Waals surface area contributed by atoms with Gasteiger partial charge in [0.1, 0.15) is 0 Å². The van der Waals surface area contributed by atoms with Gasteiger partial charge in [-0.25, -0.2) is 0 Å². The molecular formula is C14H16N2O2S. The van der Waals surface area contributed by atoms with Crippen molar-refractivity contribution in [2.24, 2.45) is 5.73 Å². The van der Waals surface area contributed by atoms with Crippen molar-refractivity contribution in [3.05, 3.63) is 34.9 Å². The average molecular weight is 276 g/mol. The summed E-state index contributed by atoms with van der Waals surface area (Å²) in [6.45, 7) is 3.85. The van der Waals surface area contributed by atoms with E-state index in [1.807, 2.05) is 19.9 Å². The van der Waals surface area contributed by atoms with Crippen molar-refractivity contribution < 1.29 is 9.59 Å². The zero-order valence-electron chi connectivity index (χ0n) is 11.0. The number of nitrogens with zero attached hydrogens (tertiary/aromatic N) is 1. The Bertz CT molecular complexity index is 569. The summed E-state index contributed by atoms with van der Waals surface area (Å²) in [7, 11) is 0. The highest BCUT2D eigenvalue weighted by Gasteiger charge is 2.40. The molecule has 1 aliphatic heterocycles. The van der Waals surface area contributed by atoms with E-state index in [4.69, 9.17) is 18.0 Å². The maximum atomic E-state index is 12.4. The van der Waals surface area contributed by atoms with Crippen molar-refractivity contribution in [3.63, 3.8) is 0 Å². The van der Waals surface area contributed by atoms with Gasteiger partial charge >= 0.3 is 0 Å². The number of aryl methyl sites for hydroxylation is 1. The minimum absolute atomic E-state index is 0.188. The summed E-state index contributed by atoms with van der Waals surface area (Å²) in [5, 5.41) is 0. The molecule has 0 radical (unpaired) electrons. The third-order valence-electron chi connectivity index (χ3n) is 3.28. The molecule has 0 aliphatic carbocycles. The van der Waals surface area contributed by atoms with Crippen LogP contribution in [0.1, 0.15) is 46.0 Å². The van der Waals surface area contributed by atoms with E-state index in [9.17, 15) is 9.59 Å². The summed E-state index contributed by atoms with van der Waals surface area (Å²) in [4.78, 5) is 26.1. The molecule has 0 fully saturated rings. The monoisotopic (exact) mass is 276 g/mol. The molecule has 2 amide bonds. The second kappa shape index (κ2) is 5.09.